The monoisotopic (exact) mass is 195 g/mol. The minimum Gasteiger partial charge on any atom is -0.480 e. The molecular formula is C9H13N3O2. The Labute approximate surface area is 81.8 Å². The lowest BCUT2D eigenvalue weighted by molar-refractivity contribution is -0.140. The predicted molar refractivity (Wildman–Crippen MR) is 50.0 cm³/mol. The topological polar surface area (TPSA) is 67.1 Å². The molecule has 5 heteroatoms. The fourth-order valence-corrected chi connectivity index (χ4v) is 1.69. The molecule has 1 aliphatic rings. The molecule has 2 N–H and O–H groups in total. The second-order valence-electron chi connectivity index (χ2n) is 3.49. The molecule has 1 unspecified atom stereocenters. The van der Waals surface area contributed by atoms with E-state index >= 15 is 0 Å². The van der Waals surface area contributed by atoms with Gasteiger partial charge in [-0.25, -0.2) is 9.78 Å². The van der Waals surface area contributed by atoms with Crippen LogP contribution in [0.3, 0.4) is 0 Å². The molecule has 0 saturated carbocycles. The van der Waals surface area contributed by atoms with Crippen LogP contribution in [0.1, 0.15) is 24.4 Å². The molecule has 2 heterocycles. The molecule has 0 radical (unpaired) electrons. The first-order valence-corrected chi connectivity index (χ1v) is 4.68. The Morgan fingerprint density at radius 3 is 3.29 bits per heavy atom. The van der Waals surface area contributed by atoms with E-state index in [1.165, 1.54) is 0 Å². The van der Waals surface area contributed by atoms with Gasteiger partial charge in [0.25, 0.3) is 0 Å². The van der Waals surface area contributed by atoms with Crippen LogP contribution in [0.25, 0.3) is 0 Å². The molecule has 0 aromatic carbocycles. The summed E-state index contributed by atoms with van der Waals surface area (Å²) < 4.78 is 1.73. The zero-order valence-corrected chi connectivity index (χ0v) is 8.03. The summed E-state index contributed by atoms with van der Waals surface area (Å²) in [5.41, 5.74) is 2.03. The molecule has 1 atom stereocenters. The number of carboxylic acids is 1. The number of rotatable bonds is 2. The Hall–Kier alpha value is -1.36. The van der Waals surface area contributed by atoms with Gasteiger partial charge >= 0.3 is 5.97 Å². The third kappa shape index (κ3) is 1.39. The minimum atomic E-state index is -0.823. The van der Waals surface area contributed by atoms with E-state index in [0.29, 0.717) is 6.54 Å². The van der Waals surface area contributed by atoms with Crippen molar-refractivity contribution in [2.45, 2.75) is 25.9 Å². The van der Waals surface area contributed by atoms with E-state index in [-0.39, 0.29) is 0 Å². The van der Waals surface area contributed by atoms with E-state index in [0.717, 1.165) is 24.4 Å². The van der Waals surface area contributed by atoms with E-state index in [1.54, 1.807) is 17.8 Å². The molecule has 76 valence electrons. The van der Waals surface area contributed by atoms with Crippen LogP contribution in [-0.4, -0.2) is 27.2 Å². The van der Waals surface area contributed by atoms with Gasteiger partial charge in [0.2, 0.25) is 0 Å². The fraction of sp³-hybridized carbons (Fsp3) is 0.556. The SMILES string of the molecule is CC(C(=O)O)n1cnc2c1CNCC2. The maximum Gasteiger partial charge on any atom is 0.326 e. The number of aliphatic carboxylic acids is 1. The van der Waals surface area contributed by atoms with Crippen molar-refractivity contribution in [1.82, 2.24) is 14.9 Å². The lowest BCUT2D eigenvalue weighted by Crippen LogP contribution is -2.27. The minimum absolute atomic E-state index is 0.536. The molecule has 0 amide bonds. The van der Waals surface area contributed by atoms with Gasteiger partial charge in [-0.15, -0.1) is 0 Å². The smallest absolute Gasteiger partial charge is 0.326 e. The van der Waals surface area contributed by atoms with Crippen LogP contribution < -0.4 is 5.32 Å². The van der Waals surface area contributed by atoms with Gasteiger partial charge in [0, 0.05) is 19.5 Å². The summed E-state index contributed by atoms with van der Waals surface area (Å²) in [4.78, 5) is 15.0. The van der Waals surface area contributed by atoms with Crippen LogP contribution in [0, 0.1) is 0 Å². The molecule has 1 aromatic heterocycles. The summed E-state index contributed by atoms with van der Waals surface area (Å²) in [6.45, 7) is 3.30. The molecule has 0 spiro atoms. The molecule has 0 saturated heterocycles. The number of aromatic nitrogens is 2. The second kappa shape index (κ2) is 3.42. The second-order valence-corrected chi connectivity index (χ2v) is 3.49. The van der Waals surface area contributed by atoms with Crippen molar-refractivity contribution in [3.05, 3.63) is 17.7 Å². The van der Waals surface area contributed by atoms with E-state index in [9.17, 15) is 4.79 Å². The summed E-state index contributed by atoms with van der Waals surface area (Å²) in [5, 5.41) is 12.1. The van der Waals surface area contributed by atoms with Gasteiger partial charge in [0.1, 0.15) is 6.04 Å². The Balaban J connectivity index is 2.34. The molecule has 1 aromatic rings. The third-order valence-electron chi connectivity index (χ3n) is 2.59. The van der Waals surface area contributed by atoms with Gasteiger partial charge in [0.05, 0.1) is 17.7 Å². The van der Waals surface area contributed by atoms with Gasteiger partial charge in [-0.05, 0) is 6.92 Å². The Bertz CT molecular complexity index is 359. The molecular weight excluding hydrogens is 182 g/mol. The normalized spacial score (nSPS) is 17.5. The van der Waals surface area contributed by atoms with E-state index < -0.39 is 12.0 Å². The van der Waals surface area contributed by atoms with Crippen molar-refractivity contribution < 1.29 is 9.90 Å². The van der Waals surface area contributed by atoms with Gasteiger partial charge in [0.15, 0.2) is 0 Å². The average Bonchev–Trinajstić information content (AvgIpc) is 2.60. The van der Waals surface area contributed by atoms with Crippen LogP contribution in [0.15, 0.2) is 6.33 Å². The van der Waals surface area contributed by atoms with Gasteiger partial charge in [-0.1, -0.05) is 0 Å². The Kier molecular flexibility index (Phi) is 2.25. The van der Waals surface area contributed by atoms with Crippen molar-refractivity contribution in [3.8, 4) is 0 Å². The van der Waals surface area contributed by atoms with Crippen LogP contribution in [-0.2, 0) is 17.8 Å². The summed E-state index contributed by atoms with van der Waals surface area (Å²) in [6.07, 6.45) is 2.51. The quantitative estimate of drug-likeness (QED) is 0.706. The molecule has 0 fully saturated rings. The van der Waals surface area contributed by atoms with Crippen molar-refractivity contribution in [2.75, 3.05) is 6.54 Å². The number of carbonyl (C=O) groups is 1. The number of imidazole rings is 1. The molecule has 0 aliphatic carbocycles. The van der Waals surface area contributed by atoms with Gasteiger partial charge in [-0.2, -0.15) is 0 Å². The summed E-state index contributed by atoms with van der Waals surface area (Å²) >= 11 is 0. The largest absolute Gasteiger partial charge is 0.480 e. The number of carboxylic acid groups (broad SMARTS) is 1. The number of fused-ring (bicyclic) bond motifs is 1. The number of hydrogen-bond acceptors (Lipinski definition) is 3. The highest BCUT2D eigenvalue weighted by Gasteiger charge is 2.21. The zero-order valence-electron chi connectivity index (χ0n) is 8.03. The zero-order chi connectivity index (χ0) is 10.1. The summed E-state index contributed by atoms with van der Waals surface area (Å²) in [5.74, 6) is -0.823. The van der Waals surface area contributed by atoms with E-state index in [2.05, 4.69) is 10.3 Å². The standard InChI is InChI=1S/C9H13N3O2/c1-6(9(13)14)12-5-11-7-2-3-10-4-8(7)12/h5-6,10H,2-4H2,1H3,(H,13,14). The average molecular weight is 195 g/mol. The lowest BCUT2D eigenvalue weighted by Gasteiger charge is -2.17. The van der Waals surface area contributed by atoms with Crippen molar-refractivity contribution >= 4 is 5.97 Å². The van der Waals surface area contributed by atoms with Crippen molar-refractivity contribution in [3.63, 3.8) is 0 Å². The summed E-state index contributed by atoms with van der Waals surface area (Å²) in [6, 6.07) is -0.536. The van der Waals surface area contributed by atoms with Gasteiger partial charge < -0.3 is 15.0 Å². The maximum absolute atomic E-state index is 10.8. The predicted octanol–water partition coefficient (Wildman–Crippen LogP) is 0.174. The first-order chi connectivity index (χ1) is 6.70. The number of nitrogens with one attached hydrogen (secondary N) is 1. The highest BCUT2D eigenvalue weighted by Crippen LogP contribution is 2.17. The summed E-state index contributed by atoms with van der Waals surface area (Å²) in [7, 11) is 0. The molecule has 14 heavy (non-hydrogen) atoms. The van der Waals surface area contributed by atoms with Crippen LogP contribution in [0.5, 0.6) is 0 Å². The van der Waals surface area contributed by atoms with E-state index in [4.69, 9.17) is 5.11 Å². The van der Waals surface area contributed by atoms with Crippen molar-refractivity contribution in [2.24, 2.45) is 0 Å². The van der Waals surface area contributed by atoms with Crippen molar-refractivity contribution in [1.29, 1.82) is 0 Å². The van der Waals surface area contributed by atoms with Gasteiger partial charge in [-0.3, -0.25) is 0 Å². The van der Waals surface area contributed by atoms with E-state index in [1.807, 2.05) is 0 Å². The van der Waals surface area contributed by atoms with Crippen LogP contribution >= 0.6 is 0 Å². The first-order valence-electron chi connectivity index (χ1n) is 4.68. The maximum atomic E-state index is 10.8. The fourth-order valence-electron chi connectivity index (χ4n) is 1.69. The molecule has 1 aliphatic heterocycles. The van der Waals surface area contributed by atoms with Crippen LogP contribution in [0.2, 0.25) is 0 Å². The Morgan fingerprint density at radius 1 is 1.79 bits per heavy atom. The highest BCUT2D eigenvalue weighted by atomic mass is 16.4. The molecule has 2 rings (SSSR count). The molecule has 5 nitrogen and oxygen atoms in total. The number of nitrogens with zero attached hydrogens (tertiary/aromatic N) is 2. The third-order valence-corrected chi connectivity index (χ3v) is 2.59. The lowest BCUT2D eigenvalue weighted by atomic mass is 10.1. The van der Waals surface area contributed by atoms with Crippen LogP contribution in [0.4, 0.5) is 0 Å². The number of hydrogen-bond donors (Lipinski definition) is 2. The highest BCUT2D eigenvalue weighted by molar-refractivity contribution is 5.71. The first kappa shape index (κ1) is 9.21. The Morgan fingerprint density at radius 2 is 2.57 bits per heavy atom. The molecule has 0 bridgehead atoms.